The third kappa shape index (κ3) is 2.98. The van der Waals surface area contributed by atoms with Gasteiger partial charge in [-0.05, 0) is 18.6 Å². The summed E-state index contributed by atoms with van der Waals surface area (Å²) in [5.74, 6) is 1.36. The van der Waals surface area contributed by atoms with E-state index in [1.165, 1.54) is 5.56 Å². The number of carbonyl (C=O) groups is 1. The molecule has 1 fully saturated rings. The summed E-state index contributed by atoms with van der Waals surface area (Å²) in [6.07, 6.45) is 3.82. The zero-order valence-electron chi connectivity index (χ0n) is 15.5. The molecule has 0 radical (unpaired) electrons. The van der Waals surface area contributed by atoms with Crippen LogP contribution in [0.5, 0.6) is 5.75 Å². The highest BCUT2D eigenvalue weighted by Crippen LogP contribution is 2.39. The van der Waals surface area contributed by atoms with Gasteiger partial charge in [-0.15, -0.1) is 0 Å². The number of para-hydroxylation sites is 1. The summed E-state index contributed by atoms with van der Waals surface area (Å²) in [7, 11) is 1.90. The van der Waals surface area contributed by atoms with Crippen LogP contribution in [0.1, 0.15) is 36.8 Å². The lowest BCUT2D eigenvalue weighted by molar-refractivity contribution is -0.126. The quantitative estimate of drug-likeness (QED) is 0.878. The van der Waals surface area contributed by atoms with Gasteiger partial charge in [0.2, 0.25) is 5.91 Å². The Morgan fingerprint density at radius 2 is 2.19 bits per heavy atom. The Bertz CT molecular complexity index is 803. The molecule has 0 aliphatic carbocycles. The highest BCUT2D eigenvalue weighted by molar-refractivity contribution is 5.80. The number of hydrogen-bond donors (Lipinski definition) is 2. The normalized spacial score (nSPS) is 28.4. The first-order valence-electron chi connectivity index (χ1n) is 9.30. The fraction of sp³-hybridized carbons (Fsp3) is 0.500. The first-order valence-corrected chi connectivity index (χ1v) is 9.30. The molecule has 3 unspecified atom stereocenters. The lowest BCUT2D eigenvalue weighted by Gasteiger charge is -2.26. The lowest BCUT2D eigenvalue weighted by atomic mass is 9.89. The van der Waals surface area contributed by atoms with E-state index in [2.05, 4.69) is 28.7 Å². The number of ether oxygens (including phenoxy) is 1. The van der Waals surface area contributed by atoms with E-state index in [4.69, 9.17) is 4.74 Å². The number of aromatic nitrogens is 2. The summed E-state index contributed by atoms with van der Waals surface area (Å²) in [6.45, 7) is 5.69. The van der Waals surface area contributed by atoms with E-state index in [0.717, 1.165) is 17.9 Å². The summed E-state index contributed by atoms with van der Waals surface area (Å²) in [4.78, 5) is 12.9. The Balaban J connectivity index is 1.43. The van der Waals surface area contributed by atoms with Crippen molar-refractivity contribution in [2.75, 3.05) is 13.1 Å². The Morgan fingerprint density at radius 1 is 1.38 bits per heavy atom. The maximum atomic E-state index is 12.9. The van der Waals surface area contributed by atoms with Crippen LogP contribution >= 0.6 is 0 Å². The summed E-state index contributed by atoms with van der Waals surface area (Å²) in [5.41, 5.74) is 2.33. The zero-order valence-corrected chi connectivity index (χ0v) is 15.5. The maximum absolute atomic E-state index is 12.9. The van der Waals surface area contributed by atoms with Crippen LogP contribution < -0.4 is 15.4 Å². The lowest BCUT2D eigenvalue weighted by Crippen LogP contribution is -2.47. The van der Waals surface area contributed by atoms with Gasteiger partial charge in [0.05, 0.1) is 18.2 Å². The molecule has 4 rings (SSSR count). The number of fused-ring (bicyclic) bond motifs is 1. The minimum atomic E-state index is -0.0827. The van der Waals surface area contributed by atoms with Gasteiger partial charge < -0.3 is 15.4 Å². The Morgan fingerprint density at radius 3 is 2.92 bits per heavy atom. The number of nitrogens with one attached hydrogen (secondary N) is 2. The van der Waals surface area contributed by atoms with Crippen LogP contribution in [0.2, 0.25) is 0 Å². The molecule has 6 heteroatoms. The largest absolute Gasteiger partial charge is 0.487 e. The third-order valence-electron chi connectivity index (χ3n) is 5.73. The van der Waals surface area contributed by atoms with Crippen LogP contribution in [0.4, 0.5) is 0 Å². The van der Waals surface area contributed by atoms with Gasteiger partial charge >= 0.3 is 0 Å². The molecular weight excluding hydrogens is 328 g/mol. The van der Waals surface area contributed by atoms with Crippen molar-refractivity contribution in [3.05, 3.63) is 47.8 Å². The number of nitrogens with zero attached hydrogens (tertiary/aromatic N) is 2. The second-order valence-electron chi connectivity index (χ2n) is 7.52. The van der Waals surface area contributed by atoms with E-state index in [1.807, 2.05) is 44.6 Å². The van der Waals surface area contributed by atoms with Gasteiger partial charge in [0, 0.05) is 43.7 Å². The highest BCUT2D eigenvalue weighted by atomic mass is 16.5. The van der Waals surface area contributed by atoms with Crippen molar-refractivity contribution < 1.29 is 9.53 Å². The molecule has 1 amide bonds. The van der Waals surface area contributed by atoms with Crippen molar-refractivity contribution in [1.82, 2.24) is 20.4 Å². The van der Waals surface area contributed by atoms with Crippen molar-refractivity contribution in [1.29, 1.82) is 0 Å². The topological polar surface area (TPSA) is 68.2 Å². The third-order valence-corrected chi connectivity index (χ3v) is 5.73. The van der Waals surface area contributed by atoms with Crippen molar-refractivity contribution in [3.8, 4) is 5.75 Å². The predicted octanol–water partition coefficient (Wildman–Crippen LogP) is 1.79. The molecule has 0 spiro atoms. The van der Waals surface area contributed by atoms with E-state index in [9.17, 15) is 4.79 Å². The molecule has 6 nitrogen and oxygen atoms in total. The molecule has 138 valence electrons. The molecule has 2 aromatic rings. The number of hydrogen-bond acceptors (Lipinski definition) is 4. The first-order chi connectivity index (χ1) is 12.5. The molecule has 0 bridgehead atoms. The van der Waals surface area contributed by atoms with Crippen LogP contribution in [0.3, 0.4) is 0 Å². The van der Waals surface area contributed by atoms with Crippen LogP contribution in [-0.2, 0) is 11.8 Å². The van der Waals surface area contributed by atoms with Crippen LogP contribution in [0.15, 0.2) is 36.7 Å². The molecule has 2 N–H and O–H groups in total. The standard InChI is InChI=1S/C20H26N4O2/c1-12-15-6-4-5-7-18(15)26-19(12)13(2)23-20(25)17-10-21-9-16(17)14-8-22-24(3)11-14/h4-8,11-13,16-17,19,21H,9-10H2,1-3H3,(H,23,25)/t12?,13?,16-,17+,19?/m1/s1. The Kier molecular flexibility index (Phi) is 4.44. The van der Waals surface area contributed by atoms with Crippen molar-refractivity contribution in [2.45, 2.75) is 37.8 Å². The average molecular weight is 354 g/mol. The smallest absolute Gasteiger partial charge is 0.225 e. The SMILES string of the molecule is CC(NC(=O)[C@H]1CNC[C@@H]1c1cnn(C)c1)C1Oc2ccccc2C1C. The van der Waals surface area contributed by atoms with Crippen LogP contribution in [0, 0.1) is 5.92 Å². The van der Waals surface area contributed by atoms with E-state index in [0.29, 0.717) is 6.54 Å². The van der Waals surface area contributed by atoms with E-state index in [1.54, 1.807) is 4.68 Å². The summed E-state index contributed by atoms with van der Waals surface area (Å²) in [6, 6.07) is 8.07. The van der Waals surface area contributed by atoms with E-state index >= 15 is 0 Å². The number of rotatable bonds is 4. The highest BCUT2D eigenvalue weighted by Gasteiger charge is 2.39. The summed E-state index contributed by atoms with van der Waals surface area (Å²) >= 11 is 0. The van der Waals surface area contributed by atoms with Crippen molar-refractivity contribution in [3.63, 3.8) is 0 Å². The van der Waals surface area contributed by atoms with Crippen molar-refractivity contribution in [2.24, 2.45) is 13.0 Å². The van der Waals surface area contributed by atoms with Gasteiger partial charge in [0.25, 0.3) is 0 Å². The molecule has 5 atom stereocenters. The fourth-order valence-electron chi connectivity index (χ4n) is 4.27. The van der Waals surface area contributed by atoms with Gasteiger partial charge in [-0.1, -0.05) is 25.1 Å². The molecule has 2 aliphatic heterocycles. The van der Waals surface area contributed by atoms with Crippen molar-refractivity contribution >= 4 is 5.91 Å². The number of benzene rings is 1. The average Bonchev–Trinajstić information content (AvgIpc) is 3.33. The van der Waals surface area contributed by atoms with Crippen LogP contribution in [-0.4, -0.2) is 40.9 Å². The second-order valence-corrected chi connectivity index (χ2v) is 7.52. The van der Waals surface area contributed by atoms with Crippen LogP contribution in [0.25, 0.3) is 0 Å². The number of carbonyl (C=O) groups excluding carboxylic acids is 1. The molecule has 26 heavy (non-hydrogen) atoms. The van der Waals surface area contributed by atoms with E-state index < -0.39 is 0 Å². The number of amides is 1. The molecule has 3 heterocycles. The molecule has 1 aromatic carbocycles. The first kappa shape index (κ1) is 17.1. The van der Waals surface area contributed by atoms with Gasteiger partial charge in [0.1, 0.15) is 11.9 Å². The molecule has 1 aromatic heterocycles. The molecule has 1 saturated heterocycles. The fourth-order valence-corrected chi connectivity index (χ4v) is 4.27. The van der Waals surface area contributed by atoms with Gasteiger partial charge in [-0.3, -0.25) is 9.48 Å². The maximum Gasteiger partial charge on any atom is 0.225 e. The van der Waals surface area contributed by atoms with Gasteiger partial charge in [-0.25, -0.2) is 0 Å². The zero-order chi connectivity index (χ0) is 18.3. The minimum absolute atomic E-state index is 0.0393. The Labute approximate surface area is 153 Å². The minimum Gasteiger partial charge on any atom is -0.487 e. The van der Waals surface area contributed by atoms with E-state index in [-0.39, 0.29) is 35.8 Å². The monoisotopic (exact) mass is 354 g/mol. The van der Waals surface area contributed by atoms with Gasteiger partial charge in [0.15, 0.2) is 0 Å². The molecular formula is C20H26N4O2. The predicted molar refractivity (Wildman–Crippen MR) is 99.2 cm³/mol. The summed E-state index contributed by atoms with van der Waals surface area (Å²) in [5, 5.41) is 10.8. The summed E-state index contributed by atoms with van der Waals surface area (Å²) < 4.78 is 7.90. The van der Waals surface area contributed by atoms with Gasteiger partial charge in [-0.2, -0.15) is 5.10 Å². The molecule has 2 aliphatic rings. The second kappa shape index (κ2) is 6.76. The Hall–Kier alpha value is -2.34. The molecule has 0 saturated carbocycles. The number of aryl methyl sites for hydroxylation is 1.